The van der Waals surface area contributed by atoms with E-state index in [1.807, 2.05) is 0 Å². The molecule has 0 spiro atoms. The highest BCUT2D eigenvalue weighted by atomic mass is 35.5. The first-order valence-electron chi connectivity index (χ1n) is 14.6. The van der Waals surface area contributed by atoms with Gasteiger partial charge in [-0.05, 0) is 65.5 Å². The fraction of sp³-hybridized carbons (Fsp3) is 0.571. The maximum absolute atomic E-state index is 11.4. The zero-order valence-corrected chi connectivity index (χ0v) is 28.2. The first-order chi connectivity index (χ1) is 21.3. The molecule has 0 radical (unpaired) electrons. The third-order valence-corrected chi connectivity index (χ3v) is 9.14. The maximum Gasteiger partial charge on any atom is 0.357 e. The molecular formula is C28H39ClN6O6S3. The SMILES string of the molecule is C1CCNC1.CCOC(=O)c1csc(Cl)n1.CCOC(=O)c1csc(N2CCCC2)n1.O=C(O)c1csc(N2CCCC2)n1. The van der Waals surface area contributed by atoms with E-state index in [0.29, 0.717) is 23.4 Å². The number of hydrogen-bond acceptors (Lipinski definition) is 14. The van der Waals surface area contributed by atoms with E-state index in [0.717, 1.165) is 36.4 Å². The highest BCUT2D eigenvalue weighted by Gasteiger charge is 2.19. The molecule has 242 valence electrons. The number of thiazole rings is 3. The molecule has 3 aromatic rings. The molecule has 3 aliphatic rings. The summed E-state index contributed by atoms with van der Waals surface area (Å²) in [6.45, 7) is 10.9. The van der Waals surface area contributed by atoms with E-state index in [1.165, 1.54) is 85.6 Å². The number of esters is 2. The van der Waals surface area contributed by atoms with Crippen LogP contribution in [0.1, 0.15) is 83.8 Å². The maximum atomic E-state index is 11.4. The number of hydrogen-bond donors (Lipinski definition) is 2. The van der Waals surface area contributed by atoms with Crippen LogP contribution in [0.3, 0.4) is 0 Å². The number of carbonyl (C=O) groups is 3. The van der Waals surface area contributed by atoms with Gasteiger partial charge in [-0.2, -0.15) is 0 Å². The second-order valence-corrected chi connectivity index (χ2v) is 12.7. The van der Waals surface area contributed by atoms with E-state index in [-0.39, 0.29) is 17.4 Å². The predicted octanol–water partition coefficient (Wildman–Crippen LogP) is 5.70. The van der Waals surface area contributed by atoms with Crippen molar-refractivity contribution in [1.82, 2.24) is 20.3 Å². The lowest BCUT2D eigenvalue weighted by Gasteiger charge is -2.11. The van der Waals surface area contributed by atoms with Gasteiger partial charge in [0.1, 0.15) is 0 Å². The first kappa shape index (κ1) is 35.6. The molecule has 0 unspecified atom stereocenters. The number of halogens is 1. The van der Waals surface area contributed by atoms with Crippen molar-refractivity contribution in [3.63, 3.8) is 0 Å². The minimum absolute atomic E-state index is 0.159. The summed E-state index contributed by atoms with van der Waals surface area (Å²) in [6, 6.07) is 0. The molecule has 6 rings (SSSR count). The number of nitrogens with zero attached hydrogens (tertiary/aromatic N) is 5. The van der Waals surface area contributed by atoms with Crippen LogP contribution < -0.4 is 15.1 Å². The Bertz CT molecular complexity index is 1290. The van der Waals surface area contributed by atoms with Crippen molar-refractivity contribution in [2.24, 2.45) is 0 Å². The summed E-state index contributed by atoms with van der Waals surface area (Å²) in [7, 11) is 0. The Morgan fingerprint density at radius 3 is 1.55 bits per heavy atom. The number of nitrogens with one attached hydrogen (secondary N) is 1. The van der Waals surface area contributed by atoms with E-state index in [1.54, 1.807) is 30.0 Å². The fourth-order valence-electron chi connectivity index (χ4n) is 4.21. The van der Waals surface area contributed by atoms with Crippen LogP contribution in [0, 0.1) is 0 Å². The van der Waals surface area contributed by atoms with Gasteiger partial charge >= 0.3 is 17.9 Å². The van der Waals surface area contributed by atoms with Crippen LogP contribution in [0.25, 0.3) is 0 Å². The van der Waals surface area contributed by atoms with Gasteiger partial charge in [0.25, 0.3) is 0 Å². The summed E-state index contributed by atoms with van der Waals surface area (Å²) >= 11 is 9.64. The van der Waals surface area contributed by atoms with Crippen molar-refractivity contribution in [3.8, 4) is 0 Å². The summed E-state index contributed by atoms with van der Waals surface area (Å²) in [5.74, 6) is -1.68. The Morgan fingerprint density at radius 1 is 0.750 bits per heavy atom. The van der Waals surface area contributed by atoms with Crippen LogP contribution >= 0.6 is 45.6 Å². The molecule has 44 heavy (non-hydrogen) atoms. The monoisotopic (exact) mass is 686 g/mol. The number of carbonyl (C=O) groups excluding carboxylic acids is 2. The molecular weight excluding hydrogens is 648 g/mol. The molecule has 3 aromatic heterocycles. The number of aromatic nitrogens is 3. The minimum atomic E-state index is -0.943. The third kappa shape index (κ3) is 11.9. The van der Waals surface area contributed by atoms with Crippen molar-refractivity contribution in [1.29, 1.82) is 0 Å². The number of rotatable bonds is 7. The minimum Gasteiger partial charge on any atom is -0.476 e. The summed E-state index contributed by atoms with van der Waals surface area (Å²) in [5, 5.41) is 18.6. The van der Waals surface area contributed by atoms with Crippen LogP contribution in [0.5, 0.6) is 0 Å². The Hall–Kier alpha value is -2.85. The molecule has 12 nitrogen and oxygen atoms in total. The van der Waals surface area contributed by atoms with Gasteiger partial charge in [-0.3, -0.25) is 0 Å². The number of aromatic carboxylic acids is 1. The van der Waals surface area contributed by atoms with Crippen molar-refractivity contribution in [2.75, 3.05) is 62.3 Å². The molecule has 0 aromatic carbocycles. The third-order valence-electron chi connectivity index (χ3n) is 6.36. The van der Waals surface area contributed by atoms with Gasteiger partial charge in [0.15, 0.2) is 31.8 Å². The van der Waals surface area contributed by atoms with Crippen molar-refractivity contribution in [3.05, 3.63) is 37.7 Å². The molecule has 0 amide bonds. The molecule has 3 fully saturated rings. The Kier molecular flexibility index (Phi) is 15.8. The summed E-state index contributed by atoms with van der Waals surface area (Å²) < 4.78 is 9.93. The van der Waals surface area contributed by atoms with Gasteiger partial charge in [0.05, 0.1) is 13.2 Å². The quantitative estimate of drug-likeness (QED) is 0.294. The zero-order valence-electron chi connectivity index (χ0n) is 25.0. The molecule has 16 heteroatoms. The lowest BCUT2D eigenvalue weighted by Crippen LogP contribution is -2.17. The zero-order chi connectivity index (χ0) is 31.7. The molecule has 2 N–H and O–H groups in total. The van der Waals surface area contributed by atoms with Crippen LogP contribution in [0.4, 0.5) is 10.3 Å². The van der Waals surface area contributed by atoms with E-state index in [4.69, 9.17) is 21.4 Å². The lowest BCUT2D eigenvalue weighted by atomic mass is 10.4. The van der Waals surface area contributed by atoms with Crippen molar-refractivity contribution < 1.29 is 29.0 Å². The standard InChI is InChI=1S/C10H14N2O2S.C8H10N2O2S.C6H6ClNO2S.C4H9N/c1-2-14-9(13)8-7-15-10(11-8)12-5-3-4-6-12;11-7(12)6-5-13-8(9-6)10-3-1-2-4-10;1-2-10-5(9)4-3-11-6(7)8-4;1-2-4-5-3-1/h7H,2-6H2,1H3;5H,1-4H2,(H,11,12);3H,2H2,1H3;5H,1-4H2. The molecule has 0 atom stereocenters. The fourth-order valence-corrected chi connectivity index (χ4v) is 6.64. The Morgan fingerprint density at radius 2 is 1.18 bits per heavy atom. The number of anilines is 2. The van der Waals surface area contributed by atoms with Crippen molar-refractivity contribution in [2.45, 2.75) is 52.4 Å². The topological polar surface area (TPSA) is 147 Å². The van der Waals surface area contributed by atoms with Gasteiger partial charge in [-0.25, -0.2) is 29.3 Å². The predicted molar refractivity (Wildman–Crippen MR) is 175 cm³/mol. The second kappa shape index (κ2) is 19.5. The number of carboxylic acids is 1. The molecule has 0 bridgehead atoms. The first-order valence-corrected chi connectivity index (χ1v) is 17.6. The van der Waals surface area contributed by atoms with Crippen LogP contribution in [0.2, 0.25) is 4.47 Å². The van der Waals surface area contributed by atoms with Gasteiger partial charge in [0.2, 0.25) is 0 Å². The van der Waals surface area contributed by atoms with Gasteiger partial charge in [-0.1, -0.05) is 11.6 Å². The lowest BCUT2D eigenvalue weighted by molar-refractivity contribution is 0.0511. The molecule has 0 saturated carbocycles. The van der Waals surface area contributed by atoms with Gasteiger partial charge in [-0.15, -0.1) is 34.0 Å². The van der Waals surface area contributed by atoms with Crippen molar-refractivity contribution >= 4 is 73.8 Å². The van der Waals surface area contributed by atoms with E-state index < -0.39 is 11.9 Å². The van der Waals surface area contributed by atoms with E-state index in [9.17, 15) is 14.4 Å². The van der Waals surface area contributed by atoms with E-state index in [2.05, 4.69) is 34.8 Å². The van der Waals surface area contributed by atoms with E-state index >= 15 is 0 Å². The molecule has 0 aliphatic carbocycles. The summed E-state index contributed by atoms with van der Waals surface area (Å²) in [6.07, 6.45) is 7.58. The Labute approximate surface area is 274 Å². The Balaban J connectivity index is 0.000000168. The highest BCUT2D eigenvalue weighted by molar-refractivity contribution is 7.14. The van der Waals surface area contributed by atoms with Crippen LogP contribution in [-0.4, -0.2) is 90.4 Å². The molecule has 3 aliphatic heterocycles. The molecule has 3 saturated heterocycles. The summed E-state index contributed by atoms with van der Waals surface area (Å²) in [4.78, 5) is 49.3. The second-order valence-electron chi connectivity index (χ2n) is 9.61. The van der Waals surface area contributed by atoms with Gasteiger partial charge in [0, 0.05) is 42.3 Å². The average molecular weight is 687 g/mol. The van der Waals surface area contributed by atoms with Gasteiger partial charge < -0.3 is 29.7 Å². The van der Waals surface area contributed by atoms with Crippen LogP contribution in [-0.2, 0) is 9.47 Å². The number of ether oxygens (including phenoxy) is 2. The largest absolute Gasteiger partial charge is 0.476 e. The smallest absolute Gasteiger partial charge is 0.357 e. The molecule has 6 heterocycles. The average Bonchev–Trinajstić information content (AvgIpc) is 3.87. The number of carboxylic acid groups (broad SMARTS) is 1. The summed E-state index contributed by atoms with van der Waals surface area (Å²) in [5.41, 5.74) is 0.873. The highest BCUT2D eigenvalue weighted by Crippen LogP contribution is 2.25. The van der Waals surface area contributed by atoms with Crippen LogP contribution in [0.15, 0.2) is 16.1 Å². The normalized spacial score (nSPS) is 15.3.